The number of carboxylic acid groups (broad SMARTS) is 1. The summed E-state index contributed by atoms with van der Waals surface area (Å²) in [4.78, 5) is 14.2. The highest BCUT2D eigenvalue weighted by Crippen LogP contribution is 2.21. The van der Waals surface area contributed by atoms with Gasteiger partial charge in [0.15, 0.2) is 17.5 Å². The van der Waals surface area contributed by atoms with Gasteiger partial charge in [-0.3, -0.25) is 0 Å². The van der Waals surface area contributed by atoms with E-state index in [1.54, 1.807) is 0 Å². The summed E-state index contributed by atoms with van der Waals surface area (Å²) in [6, 6.07) is 2.10. The zero-order chi connectivity index (χ0) is 13.1. The Labute approximate surface area is 99.2 Å². The summed E-state index contributed by atoms with van der Waals surface area (Å²) < 4.78 is 31.3. The molecule has 6 nitrogen and oxygen atoms in total. The molecule has 0 aliphatic carbocycles. The second kappa shape index (κ2) is 4.78. The summed E-state index contributed by atoms with van der Waals surface area (Å²) in [5, 5.41) is 14.6. The summed E-state index contributed by atoms with van der Waals surface area (Å²) in [7, 11) is 0. The molecule has 0 unspecified atom stereocenters. The van der Waals surface area contributed by atoms with Crippen molar-refractivity contribution < 1.29 is 23.2 Å². The minimum atomic E-state index is -1.53. The first-order chi connectivity index (χ1) is 8.59. The van der Waals surface area contributed by atoms with Crippen LogP contribution in [-0.4, -0.2) is 21.2 Å². The third kappa shape index (κ3) is 2.26. The predicted molar refractivity (Wildman–Crippen MR) is 54.9 cm³/mol. The smallest absolute Gasteiger partial charge is 0.338 e. The number of carbonyl (C=O) groups is 1. The van der Waals surface area contributed by atoms with E-state index in [4.69, 9.17) is 5.11 Å². The molecule has 2 N–H and O–H groups in total. The lowest BCUT2D eigenvalue weighted by atomic mass is 10.2. The van der Waals surface area contributed by atoms with Gasteiger partial charge in [0.25, 0.3) is 0 Å². The lowest BCUT2D eigenvalue weighted by Crippen LogP contribution is -2.08. The molecule has 0 atom stereocenters. The van der Waals surface area contributed by atoms with Gasteiger partial charge in [-0.1, -0.05) is 5.16 Å². The van der Waals surface area contributed by atoms with Crippen molar-refractivity contribution >= 4 is 11.7 Å². The minimum absolute atomic E-state index is 0.0271. The first-order valence-corrected chi connectivity index (χ1v) is 4.80. The number of nitrogens with one attached hydrogen (secondary N) is 1. The second-order valence-electron chi connectivity index (χ2n) is 3.29. The van der Waals surface area contributed by atoms with Crippen molar-refractivity contribution in [3.05, 3.63) is 41.5 Å². The third-order valence-electron chi connectivity index (χ3n) is 2.16. The molecule has 0 saturated carbocycles. The van der Waals surface area contributed by atoms with E-state index in [9.17, 15) is 13.6 Å². The van der Waals surface area contributed by atoms with Crippen LogP contribution in [0.15, 0.2) is 23.0 Å². The monoisotopic (exact) mass is 255 g/mol. The molecular formula is C10H7F2N3O3. The Morgan fingerprint density at radius 3 is 2.78 bits per heavy atom. The molecule has 0 aliphatic rings. The summed E-state index contributed by atoms with van der Waals surface area (Å²) in [6.45, 7) is 0.0271. The SMILES string of the molecule is O=C(O)c1ccc(NCc2ncon2)c(F)c1F. The maximum atomic E-state index is 13.5. The fourth-order valence-electron chi connectivity index (χ4n) is 1.30. The highest BCUT2D eigenvalue weighted by molar-refractivity contribution is 5.88. The molecule has 94 valence electrons. The first-order valence-electron chi connectivity index (χ1n) is 4.80. The van der Waals surface area contributed by atoms with Crippen LogP contribution < -0.4 is 5.32 Å². The Bertz CT molecular complexity index is 572. The van der Waals surface area contributed by atoms with Crippen LogP contribution in [0.1, 0.15) is 16.2 Å². The largest absolute Gasteiger partial charge is 0.478 e. The number of halogens is 2. The van der Waals surface area contributed by atoms with Crippen molar-refractivity contribution in [2.75, 3.05) is 5.32 Å². The van der Waals surface area contributed by atoms with Crippen LogP contribution in [0.2, 0.25) is 0 Å². The van der Waals surface area contributed by atoms with Crippen LogP contribution in [0.3, 0.4) is 0 Å². The molecule has 1 aromatic carbocycles. The number of hydrogen-bond donors (Lipinski definition) is 2. The van der Waals surface area contributed by atoms with Crippen LogP contribution in [0, 0.1) is 11.6 Å². The number of aromatic nitrogens is 2. The quantitative estimate of drug-likeness (QED) is 0.863. The van der Waals surface area contributed by atoms with E-state index in [0.717, 1.165) is 18.5 Å². The number of aromatic carboxylic acids is 1. The standard InChI is InChI=1S/C10H7F2N3O3/c11-8-5(10(16)17)1-2-6(9(8)12)13-3-7-14-4-18-15-7/h1-2,4,13H,3H2,(H,16,17). The zero-order valence-corrected chi connectivity index (χ0v) is 8.85. The maximum Gasteiger partial charge on any atom is 0.338 e. The number of anilines is 1. The Kier molecular flexibility index (Phi) is 3.18. The van der Waals surface area contributed by atoms with E-state index in [1.165, 1.54) is 0 Å². The van der Waals surface area contributed by atoms with Crippen LogP contribution in [0.25, 0.3) is 0 Å². The van der Waals surface area contributed by atoms with Crippen LogP contribution in [0.4, 0.5) is 14.5 Å². The normalized spacial score (nSPS) is 10.3. The van der Waals surface area contributed by atoms with Gasteiger partial charge in [0.1, 0.15) is 0 Å². The fraction of sp³-hybridized carbons (Fsp3) is 0.100. The average molecular weight is 255 g/mol. The van der Waals surface area contributed by atoms with Crippen molar-refractivity contribution in [3.8, 4) is 0 Å². The van der Waals surface area contributed by atoms with E-state index < -0.39 is 23.2 Å². The van der Waals surface area contributed by atoms with E-state index in [1.807, 2.05) is 0 Å². The lowest BCUT2D eigenvalue weighted by Gasteiger charge is -2.07. The van der Waals surface area contributed by atoms with Crippen molar-refractivity contribution in [1.29, 1.82) is 0 Å². The molecule has 2 aromatic rings. The topological polar surface area (TPSA) is 88.2 Å². The number of benzene rings is 1. The highest BCUT2D eigenvalue weighted by atomic mass is 19.2. The molecule has 0 amide bonds. The molecule has 0 fully saturated rings. The third-order valence-corrected chi connectivity index (χ3v) is 2.16. The van der Waals surface area contributed by atoms with Gasteiger partial charge in [-0.25, -0.2) is 13.6 Å². The van der Waals surface area contributed by atoms with E-state index >= 15 is 0 Å². The van der Waals surface area contributed by atoms with Gasteiger partial charge in [-0.05, 0) is 12.1 Å². The Hall–Kier alpha value is -2.51. The molecule has 0 saturated heterocycles. The van der Waals surface area contributed by atoms with Gasteiger partial charge >= 0.3 is 5.97 Å². The van der Waals surface area contributed by atoms with Gasteiger partial charge in [0.2, 0.25) is 6.39 Å². The van der Waals surface area contributed by atoms with Crippen LogP contribution in [-0.2, 0) is 6.54 Å². The number of nitrogens with zero attached hydrogens (tertiary/aromatic N) is 2. The first kappa shape index (κ1) is 12.0. The molecule has 1 aromatic heterocycles. The van der Waals surface area contributed by atoms with Crippen molar-refractivity contribution in [1.82, 2.24) is 10.1 Å². The van der Waals surface area contributed by atoms with Gasteiger partial charge in [-0.2, -0.15) is 4.98 Å². The molecule has 0 spiro atoms. The van der Waals surface area contributed by atoms with Crippen LogP contribution >= 0.6 is 0 Å². The van der Waals surface area contributed by atoms with Crippen LogP contribution in [0.5, 0.6) is 0 Å². The Morgan fingerprint density at radius 1 is 1.39 bits per heavy atom. The van der Waals surface area contributed by atoms with Gasteiger partial charge in [0.05, 0.1) is 17.8 Å². The van der Waals surface area contributed by atoms with E-state index in [2.05, 4.69) is 20.0 Å². The molecule has 8 heteroatoms. The fourth-order valence-corrected chi connectivity index (χ4v) is 1.30. The summed E-state index contributed by atoms with van der Waals surface area (Å²) in [5.41, 5.74) is -0.903. The molecule has 0 radical (unpaired) electrons. The number of carboxylic acids is 1. The van der Waals surface area contributed by atoms with Gasteiger partial charge in [0, 0.05) is 0 Å². The molecule has 0 aliphatic heterocycles. The minimum Gasteiger partial charge on any atom is -0.478 e. The molecule has 18 heavy (non-hydrogen) atoms. The van der Waals surface area contributed by atoms with Crippen molar-refractivity contribution in [3.63, 3.8) is 0 Å². The van der Waals surface area contributed by atoms with E-state index in [0.29, 0.717) is 0 Å². The molecular weight excluding hydrogens is 248 g/mol. The average Bonchev–Trinajstić information content (AvgIpc) is 2.83. The summed E-state index contributed by atoms with van der Waals surface area (Å²) >= 11 is 0. The number of hydrogen-bond acceptors (Lipinski definition) is 5. The maximum absolute atomic E-state index is 13.5. The Balaban J connectivity index is 2.19. The molecule has 0 bridgehead atoms. The molecule has 1 heterocycles. The van der Waals surface area contributed by atoms with Crippen molar-refractivity contribution in [2.45, 2.75) is 6.54 Å². The van der Waals surface area contributed by atoms with Gasteiger partial charge in [-0.15, -0.1) is 0 Å². The Morgan fingerprint density at radius 2 is 2.17 bits per heavy atom. The van der Waals surface area contributed by atoms with Gasteiger partial charge < -0.3 is 14.9 Å². The lowest BCUT2D eigenvalue weighted by molar-refractivity contribution is 0.0690. The second-order valence-corrected chi connectivity index (χ2v) is 3.29. The number of rotatable bonds is 4. The predicted octanol–water partition coefficient (Wildman–Crippen LogP) is 1.66. The van der Waals surface area contributed by atoms with E-state index in [-0.39, 0.29) is 18.1 Å². The highest BCUT2D eigenvalue weighted by Gasteiger charge is 2.17. The summed E-state index contributed by atoms with van der Waals surface area (Å²) in [5.74, 6) is -3.95. The zero-order valence-electron chi connectivity index (χ0n) is 8.85. The molecule has 2 rings (SSSR count). The summed E-state index contributed by atoms with van der Waals surface area (Å²) in [6.07, 6.45) is 1.10. The van der Waals surface area contributed by atoms with Crippen molar-refractivity contribution in [2.24, 2.45) is 0 Å².